The molecule has 0 unspecified atom stereocenters. The van der Waals surface area contributed by atoms with Crippen LogP contribution < -0.4 is 9.64 Å². The summed E-state index contributed by atoms with van der Waals surface area (Å²) in [5.41, 5.74) is 2.90. The third-order valence-electron chi connectivity index (χ3n) is 6.84. The van der Waals surface area contributed by atoms with E-state index in [0.29, 0.717) is 11.4 Å². The van der Waals surface area contributed by atoms with E-state index in [9.17, 15) is 9.59 Å². The molecular formula is C27H25NO3. The van der Waals surface area contributed by atoms with Crippen molar-refractivity contribution in [2.75, 3.05) is 12.0 Å². The largest absolute Gasteiger partial charge is 0.497 e. The molecule has 156 valence electrons. The van der Waals surface area contributed by atoms with Crippen LogP contribution in [0.1, 0.15) is 35.8 Å². The number of amides is 2. The zero-order chi connectivity index (χ0) is 21.4. The highest BCUT2D eigenvalue weighted by Crippen LogP contribution is 2.53. The molecule has 3 aromatic carbocycles. The molecule has 1 saturated heterocycles. The molecular weight excluding hydrogens is 386 g/mol. The Morgan fingerprint density at radius 2 is 1.13 bits per heavy atom. The van der Waals surface area contributed by atoms with E-state index in [0.717, 1.165) is 24.0 Å². The standard InChI is InChI=1S/C27H25NO3/c1-31-21-14-12-20(13-15-21)28-26(29)24-22(18-8-4-2-5-9-18)16-17-23(25(24)27(28)30)19-10-6-3-7-11-19/h2-15,22-25H,16-17H2,1H3/t22-,23+,24-,25-/m0/s1. The van der Waals surface area contributed by atoms with Gasteiger partial charge in [0.05, 0.1) is 24.6 Å². The predicted molar refractivity (Wildman–Crippen MR) is 120 cm³/mol. The molecule has 1 aliphatic heterocycles. The van der Waals surface area contributed by atoms with Crippen LogP contribution in [0.2, 0.25) is 0 Å². The first-order valence-electron chi connectivity index (χ1n) is 10.8. The first kappa shape index (κ1) is 19.6. The lowest BCUT2D eigenvalue weighted by Gasteiger charge is -2.37. The summed E-state index contributed by atoms with van der Waals surface area (Å²) in [5, 5.41) is 0. The smallest absolute Gasteiger partial charge is 0.238 e. The molecule has 2 aliphatic rings. The average Bonchev–Trinajstić information content (AvgIpc) is 3.10. The molecule has 4 heteroatoms. The van der Waals surface area contributed by atoms with E-state index in [1.807, 2.05) is 36.4 Å². The number of ether oxygens (including phenoxy) is 1. The highest BCUT2D eigenvalue weighted by molar-refractivity contribution is 6.22. The maximum Gasteiger partial charge on any atom is 0.238 e. The van der Waals surface area contributed by atoms with Crippen molar-refractivity contribution < 1.29 is 14.3 Å². The number of hydrogen-bond donors (Lipinski definition) is 0. The van der Waals surface area contributed by atoms with Crippen LogP contribution in [0.3, 0.4) is 0 Å². The summed E-state index contributed by atoms with van der Waals surface area (Å²) in [4.78, 5) is 28.9. The van der Waals surface area contributed by atoms with Crippen molar-refractivity contribution in [2.45, 2.75) is 24.7 Å². The van der Waals surface area contributed by atoms with E-state index in [4.69, 9.17) is 4.74 Å². The summed E-state index contributed by atoms with van der Waals surface area (Å²) in [6, 6.07) is 27.5. The Bertz CT molecular complexity index is 1010. The van der Waals surface area contributed by atoms with Crippen LogP contribution in [0.25, 0.3) is 0 Å². The minimum absolute atomic E-state index is 0.0471. The Morgan fingerprint density at radius 3 is 1.55 bits per heavy atom. The number of hydrogen-bond acceptors (Lipinski definition) is 3. The molecule has 5 rings (SSSR count). The minimum Gasteiger partial charge on any atom is -0.497 e. The van der Waals surface area contributed by atoms with Gasteiger partial charge in [0.25, 0.3) is 0 Å². The van der Waals surface area contributed by atoms with Crippen molar-refractivity contribution in [3.8, 4) is 5.75 Å². The second-order valence-electron chi connectivity index (χ2n) is 8.37. The molecule has 3 aromatic rings. The maximum absolute atomic E-state index is 13.7. The van der Waals surface area contributed by atoms with Gasteiger partial charge < -0.3 is 4.74 Å². The van der Waals surface area contributed by atoms with Gasteiger partial charge in [-0.25, -0.2) is 0 Å². The fraction of sp³-hybridized carbons (Fsp3) is 0.259. The first-order valence-corrected chi connectivity index (χ1v) is 10.8. The van der Waals surface area contributed by atoms with Crippen molar-refractivity contribution in [1.82, 2.24) is 0 Å². The zero-order valence-electron chi connectivity index (χ0n) is 17.5. The zero-order valence-corrected chi connectivity index (χ0v) is 17.5. The molecule has 31 heavy (non-hydrogen) atoms. The van der Waals surface area contributed by atoms with Crippen LogP contribution in [0.4, 0.5) is 5.69 Å². The number of carbonyl (C=O) groups excluding carboxylic acids is 2. The van der Waals surface area contributed by atoms with Gasteiger partial charge in [0.15, 0.2) is 0 Å². The quantitative estimate of drug-likeness (QED) is 0.557. The van der Waals surface area contributed by atoms with Gasteiger partial charge in [0, 0.05) is 0 Å². The topological polar surface area (TPSA) is 46.6 Å². The van der Waals surface area contributed by atoms with E-state index in [1.54, 1.807) is 31.4 Å². The maximum atomic E-state index is 13.7. The number of nitrogens with zero attached hydrogens (tertiary/aromatic N) is 1. The van der Waals surface area contributed by atoms with E-state index in [1.165, 1.54) is 4.90 Å². The van der Waals surface area contributed by atoms with Crippen molar-refractivity contribution >= 4 is 17.5 Å². The van der Waals surface area contributed by atoms with Crippen LogP contribution in [0, 0.1) is 11.8 Å². The second kappa shape index (κ2) is 8.03. The van der Waals surface area contributed by atoms with Crippen LogP contribution in [0.15, 0.2) is 84.9 Å². The van der Waals surface area contributed by atoms with Gasteiger partial charge in [-0.15, -0.1) is 0 Å². The molecule has 0 radical (unpaired) electrons. The third kappa shape index (κ3) is 3.32. The summed E-state index contributed by atoms with van der Waals surface area (Å²) in [5.74, 6) is -0.0856. The van der Waals surface area contributed by atoms with Crippen LogP contribution >= 0.6 is 0 Å². The van der Waals surface area contributed by atoms with Gasteiger partial charge >= 0.3 is 0 Å². The molecule has 1 heterocycles. The lowest BCUT2D eigenvalue weighted by molar-refractivity contribution is -0.122. The van der Waals surface area contributed by atoms with E-state index >= 15 is 0 Å². The lowest BCUT2D eigenvalue weighted by Crippen LogP contribution is -2.34. The summed E-state index contributed by atoms with van der Waals surface area (Å²) in [6.07, 6.45) is 1.78. The van der Waals surface area contributed by atoms with Crippen LogP contribution in [0.5, 0.6) is 5.75 Å². The lowest BCUT2D eigenvalue weighted by atomic mass is 9.64. The molecule has 2 fully saturated rings. The Balaban J connectivity index is 1.58. The molecule has 0 spiro atoms. The summed E-state index contributed by atoms with van der Waals surface area (Å²) in [7, 11) is 1.60. The number of carbonyl (C=O) groups is 2. The number of rotatable bonds is 4. The number of benzene rings is 3. The highest BCUT2D eigenvalue weighted by Gasteiger charge is 2.56. The second-order valence-corrected chi connectivity index (χ2v) is 8.37. The van der Waals surface area contributed by atoms with Gasteiger partial charge in [-0.2, -0.15) is 0 Å². The predicted octanol–water partition coefficient (Wildman–Crippen LogP) is 5.16. The minimum atomic E-state index is -0.351. The van der Waals surface area contributed by atoms with E-state index in [-0.39, 0.29) is 35.5 Å². The SMILES string of the molecule is COc1ccc(N2C(=O)[C@@H]3[C@@H](C2=O)[C@H](c2ccccc2)CC[C@@H]3c2ccccc2)cc1. The molecule has 2 amide bonds. The van der Waals surface area contributed by atoms with Gasteiger partial charge in [-0.1, -0.05) is 60.7 Å². The molecule has 0 N–H and O–H groups in total. The summed E-state index contributed by atoms with van der Waals surface area (Å²) < 4.78 is 5.24. The van der Waals surface area contributed by atoms with Crippen molar-refractivity contribution in [3.63, 3.8) is 0 Å². The summed E-state index contributed by atoms with van der Waals surface area (Å²) in [6.45, 7) is 0. The monoisotopic (exact) mass is 411 g/mol. The number of anilines is 1. The number of fused-ring (bicyclic) bond motifs is 1. The first-order chi connectivity index (χ1) is 15.2. The van der Waals surface area contributed by atoms with Crippen LogP contribution in [-0.4, -0.2) is 18.9 Å². The van der Waals surface area contributed by atoms with E-state index < -0.39 is 0 Å². The number of imide groups is 1. The Morgan fingerprint density at radius 1 is 0.677 bits per heavy atom. The number of methoxy groups -OCH3 is 1. The van der Waals surface area contributed by atoms with Crippen molar-refractivity contribution in [3.05, 3.63) is 96.1 Å². The molecule has 1 aliphatic carbocycles. The average molecular weight is 412 g/mol. The van der Waals surface area contributed by atoms with Crippen molar-refractivity contribution in [1.29, 1.82) is 0 Å². The molecule has 0 aromatic heterocycles. The third-order valence-corrected chi connectivity index (χ3v) is 6.84. The van der Waals surface area contributed by atoms with Gasteiger partial charge in [0.1, 0.15) is 5.75 Å². The molecule has 0 bridgehead atoms. The highest BCUT2D eigenvalue weighted by atomic mass is 16.5. The molecule has 1 saturated carbocycles. The Hall–Kier alpha value is -3.40. The van der Waals surface area contributed by atoms with Gasteiger partial charge in [0.2, 0.25) is 11.8 Å². The summed E-state index contributed by atoms with van der Waals surface area (Å²) >= 11 is 0. The Labute approximate surface area is 182 Å². The van der Waals surface area contributed by atoms with Crippen LogP contribution in [-0.2, 0) is 9.59 Å². The fourth-order valence-electron chi connectivity index (χ4n) is 5.41. The van der Waals surface area contributed by atoms with Gasteiger partial charge in [-0.05, 0) is 60.1 Å². The van der Waals surface area contributed by atoms with Gasteiger partial charge in [-0.3, -0.25) is 14.5 Å². The molecule has 4 nitrogen and oxygen atoms in total. The Kier molecular flexibility index (Phi) is 5.06. The molecule has 4 atom stereocenters. The normalized spacial score (nSPS) is 25.4. The van der Waals surface area contributed by atoms with E-state index in [2.05, 4.69) is 24.3 Å². The fourth-order valence-corrected chi connectivity index (χ4v) is 5.41. The van der Waals surface area contributed by atoms with Crippen molar-refractivity contribution in [2.24, 2.45) is 11.8 Å².